The maximum atomic E-state index is 12.7. The normalized spacial score (nSPS) is 18.5. The van der Waals surface area contributed by atoms with Crippen molar-refractivity contribution in [3.8, 4) is 0 Å². The quantitative estimate of drug-likeness (QED) is 0.866. The third kappa shape index (κ3) is 4.31. The number of aliphatic hydroxyl groups excluding tert-OH is 1. The van der Waals surface area contributed by atoms with Crippen molar-refractivity contribution in [3.05, 3.63) is 59.0 Å². The minimum atomic E-state index is -0.646. The Labute approximate surface area is 149 Å². The molecule has 4 nitrogen and oxygen atoms in total. The number of amides is 1. The van der Waals surface area contributed by atoms with Crippen molar-refractivity contribution in [1.29, 1.82) is 0 Å². The Kier molecular flexibility index (Phi) is 5.59. The first kappa shape index (κ1) is 17.7. The molecule has 0 radical (unpaired) electrons. The van der Waals surface area contributed by atoms with Crippen molar-refractivity contribution in [3.63, 3.8) is 0 Å². The molecule has 1 aromatic carbocycles. The summed E-state index contributed by atoms with van der Waals surface area (Å²) in [6, 6.07) is 10.1. The molecule has 1 aliphatic rings. The van der Waals surface area contributed by atoms with Gasteiger partial charge in [-0.3, -0.25) is 4.79 Å². The summed E-state index contributed by atoms with van der Waals surface area (Å²) in [5.74, 6) is 0.767. The molecule has 1 amide bonds. The second kappa shape index (κ2) is 7.87. The van der Waals surface area contributed by atoms with Crippen LogP contribution < -0.4 is 0 Å². The number of carbonyl (C=O) groups excluding carboxylic acids is 1. The molecule has 2 heterocycles. The maximum Gasteiger partial charge on any atom is 0.223 e. The van der Waals surface area contributed by atoms with Crippen molar-refractivity contribution >= 4 is 5.91 Å². The van der Waals surface area contributed by atoms with E-state index in [0.717, 1.165) is 25.8 Å². The van der Waals surface area contributed by atoms with Crippen molar-refractivity contribution in [2.45, 2.75) is 58.1 Å². The van der Waals surface area contributed by atoms with Crippen LogP contribution in [0.1, 0.15) is 54.2 Å². The lowest BCUT2D eigenvalue weighted by Crippen LogP contribution is -2.36. The average molecular weight is 341 g/mol. The SMILES string of the molecule is Cc1ccc(CCC(=O)N2CCCC2CC(O)c2ccco2)c(C)c1. The van der Waals surface area contributed by atoms with Crippen LogP contribution in [0.25, 0.3) is 0 Å². The highest BCUT2D eigenvalue weighted by Gasteiger charge is 2.31. The lowest BCUT2D eigenvalue weighted by atomic mass is 10.0. The van der Waals surface area contributed by atoms with E-state index in [1.807, 2.05) is 4.90 Å². The molecule has 2 aromatic rings. The van der Waals surface area contributed by atoms with Crippen LogP contribution >= 0.6 is 0 Å². The molecular weight excluding hydrogens is 314 g/mol. The van der Waals surface area contributed by atoms with Crippen molar-refractivity contribution in [2.24, 2.45) is 0 Å². The van der Waals surface area contributed by atoms with E-state index in [1.54, 1.807) is 18.4 Å². The van der Waals surface area contributed by atoms with E-state index in [4.69, 9.17) is 4.42 Å². The highest BCUT2D eigenvalue weighted by Crippen LogP contribution is 2.28. The Hall–Kier alpha value is -2.07. The molecule has 25 heavy (non-hydrogen) atoms. The minimum absolute atomic E-state index is 0.103. The van der Waals surface area contributed by atoms with E-state index < -0.39 is 6.10 Å². The van der Waals surface area contributed by atoms with Gasteiger partial charge < -0.3 is 14.4 Å². The first-order chi connectivity index (χ1) is 12.0. The topological polar surface area (TPSA) is 53.7 Å². The molecule has 0 spiro atoms. The molecule has 1 fully saturated rings. The Balaban J connectivity index is 1.57. The molecule has 1 saturated heterocycles. The number of hydrogen-bond acceptors (Lipinski definition) is 3. The zero-order valence-electron chi connectivity index (χ0n) is 15.1. The summed E-state index contributed by atoms with van der Waals surface area (Å²) in [7, 11) is 0. The smallest absolute Gasteiger partial charge is 0.223 e. The molecule has 3 rings (SSSR count). The van der Waals surface area contributed by atoms with E-state index in [9.17, 15) is 9.90 Å². The van der Waals surface area contributed by atoms with E-state index in [-0.39, 0.29) is 11.9 Å². The number of hydrogen-bond donors (Lipinski definition) is 1. The molecule has 4 heteroatoms. The van der Waals surface area contributed by atoms with Gasteiger partial charge in [-0.25, -0.2) is 0 Å². The fraction of sp³-hybridized carbons (Fsp3) is 0.476. The van der Waals surface area contributed by atoms with Gasteiger partial charge in [0, 0.05) is 25.4 Å². The van der Waals surface area contributed by atoms with E-state index >= 15 is 0 Å². The Bertz CT molecular complexity index is 708. The first-order valence-corrected chi connectivity index (χ1v) is 9.11. The van der Waals surface area contributed by atoms with Crippen molar-refractivity contribution in [2.75, 3.05) is 6.54 Å². The minimum Gasteiger partial charge on any atom is -0.467 e. The Morgan fingerprint density at radius 3 is 2.92 bits per heavy atom. The van der Waals surface area contributed by atoms with Gasteiger partial charge in [0.05, 0.1) is 6.26 Å². The molecule has 0 saturated carbocycles. The summed E-state index contributed by atoms with van der Waals surface area (Å²) in [6.07, 6.45) is 4.72. The highest BCUT2D eigenvalue weighted by atomic mass is 16.4. The zero-order valence-corrected chi connectivity index (χ0v) is 15.1. The number of benzene rings is 1. The summed E-state index contributed by atoms with van der Waals surface area (Å²) in [6.45, 7) is 4.98. The second-order valence-electron chi connectivity index (χ2n) is 7.08. The van der Waals surface area contributed by atoms with Crippen molar-refractivity contribution < 1.29 is 14.3 Å². The molecule has 2 unspecified atom stereocenters. The first-order valence-electron chi connectivity index (χ1n) is 9.11. The third-order valence-electron chi connectivity index (χ3n) is 5.17. The molecule has 0 aliphatic carbocycles. The molecule has 1 aromatic heterocycles. The van der Waals surface area contributed by atoms with E-state index in [2.05, 4.69) is 32.0 Å². The summed E-state index contributed by atoms with van der Waals surface area (Å²) >= 11 is 0. The van der Waals surface area contributed by atoms with Crippen LogP contribution in [0.15, 0.2) is 41.0 Å². The van der Waals surface area contributed by atoms with Crippen LogP contribution in [0.5, 0.6) is 0 Å². The number of carbonyl (C=O) groups is 1. The third-order valence-corrected chi connectivity index (χ3v) is 5.17. The largest absolute Gasteiger partial charge is 0.467 e. The Morgan fingerprint density at radius 1 is 1.36 bits per heavy atom. The maximum absolute atomic E-state index is 12.7. The molecular formula is C21H27NO3. The van der Waals surface area contributed by atoms with E-state index in [1.165, 1.54) is 16.7 Å². The number of rotatable bonds is 6. The number of aryl methyl sites for hydroxylation is 3. The van der Waals surface area contributed by atoms with Crippen LogP contribution in [0.3, 0.4) is 0 Å². The standard InChI is InChI=1S/C21H27NO3/c1-15-7-8-17(16(2)13-15)9-10-21(24)22-11-3-5-18(22)14-19(23)20-6-4-12-25-20/h4,6-8,12-13,18-19,23H,3,5,9-11,14H2,1-2H3. The van der Waals surface area contributed by atoms with Gasteiger partial charge in [-0.2, -0.15) is 0 Å². The summed E-state index contributed by atoms with van der Waals surface area (Å²) < 4.78 is 5.28. The molecule has 134 valence electrons. The van der Waals surface area contributed by atoms with Gasteiger partial charge in [-0.1, -0.05) is 23.8 Å². The summed E-state index contributed by atoms with van der Waals surface area (Å²) in [5, 5.41) is 10.3. The summed E-state index contributed by atoms with van der Waals surface area (Å²) in [4.78, 5) is 14.7. The lowest BCUT2D eigenvalue weighted by Gasteiger charge is -2.26. The molecule has 1 aliphatic heterocycles. The second-order valence-corrected chi connectivity index (χ2v) is 7.08. The number of likely N-dealkylation sites (tertiary alicyclic amines) is 1. The highest BCUT2D eigenvalue weighted by molar-refractivity contribution is 5.77. The molecule has 1 N–H and O–H groups in total. The fourth-order valence-electron chi connectivity index (χ4n) is 3.78. The number of nitrogens with zero attached hydrogens (tertiary/aromatic N) is 1. The van der Waals surface area contributed by atoms with Crippen LogP contribution in [-0.4, -0.2) is 28.5 Å². The molecule has 0 bridgehead atoms. The van der Waals surface area contributed by atoms with Crippen LogP contribution in [-0.2, 0) is 11.2 Å². The zero-order chi connectivity index (χ0) is 17.8. The predicted molar refractivity (Wildman–Crippen MR) is 97.3 cm³/mol. The average Bonchev–Trinajstić information content (AvgIpc) is 3.25. The van der Waals surface area contributed by atoms with Gasteiger partial charge in [0.1, 0.15) is 11.9 Å². The van der Waals surface area contributed by atoms with Gasteiger partial charge in [0.25, 0.3) is 0 Å². The van der Waals surface area contributed by atoms with Gasteiger partial charge >= 0.3 is 0 Å². The van der Waals surface area contributed by atoms with Gasteiger partial charge in [0.15, 0.2) is 0 Å². The molecule has 2 atom stereocenters. The summed E-state index contributed by atoms with van der Waals surface area (Å²) in [5.41, 5.74) is 3.74. The van der Waals surface area contributed by atoms with Gasteiger partial charge in [-0.05, 0) is 56.4 Å². The van der Waals surface area contributed by atoms with Crippen molar-refractivity contribution in [1.82, 2.24) is 4.90 Å². The van der Waals surface area contributed by atoms with Crippen LogP contribution in [0.4, 0.5) is 0 Å². The van der Waals surface area contributed by atoms with E-state index in [0.29, 0.717) is 18.6 Å². The number of furan rings is 1. The van der Waals surface area contributed by atoms with Gasteiger partial charge in [-0.15, -0.1) is 0 Å². The Morgan fingerprint density at radius 2 is 2.20 bits per heavy atom. The van der Waals surface area contributed by atoms with Crippen LogP contribution in [0.2, 0.25) is 0 Å². The fourth-order valence-corrected chi connectivity index (χ4v) is 3.78. The number of aliphatic hydroxyl groups is 1. The van der Waals surface area contributed by atoms with Crippen LogP contribution in [0, 0.1) is 13.8 Å². The lowest BCUT2D eigenvalue weighted by molar-refractivity contribution is -0.132. The predicted octanol–water partition coefficient (Wildman–Crippen LogP) is 3.94. The monoisotopic (exact) mass is 341 g/mol. The van der Waals surface area contributed by atoms with Gasteiger partial charge in [0.2, 0.25) is 5.91 Å².